The SMILES string of the molecule is CC(C)OC(=O)c1ccc(/C=C/c2ccc(C(=O)OC(C)C)cc2)cc1. The molecule has 0 saturated heterocycles. The van der Waals surface area contributed by atoms with E-state index >= 15 is 0 Å². The minimum absolute atomic E-state index is 0.136. The summed E-state index contributed by atoms with van der Waals surface area (Å²) in [4.78, 5) is 23.6. The molecule has 2 aromatic rings. The van der Waals surface area contributed by atoms with Gasteiger partial charge in [-0.05, 0) is 63.1 Å². The summed E-state index contributed by atoms with van der Waals surface area (Å²) in [5.74, 6) is -0.640. The monoisotopic (exact) mass is 352 g/mol. The Morgan fingerprint density at radius 2 is 0.962 bits per heavy atom. The molecule has 0 spiro atoms. The Balaban J connectivity index is 2.01. The first-order valence-electron chi connectivity index (χ1n) is 8.65. The van der Waals surface area contributed by atoms with Gasteiger partial charge < -0.3 is 9.47 Å². The van der Waals surface area contributed by atoms with Crippen LogP contribution in [-0.2, 0) is 9.47 Å². The van der Waals surface area contributed by atoms with Gasteiger partial charge in [0.25, 0.3) is 0 Å². The minimum Gasteiger partial charge on any atom is -0.459 e. The van der Waals surface area contributed by atoms with Gasteiger partial charge in [0.05, 0.1) is 23.3 Å². The van der Waals surface area contributed by atoms with Crippen LogP contribution in [0, 0.1) is 0 Å². The molecule has 0 unspecified atom stereocenters. The predicted molar refractivity (Wildman–Crippen MR) is 103 cm³/mol. The Kier molecular flexibility index (Phi) is 6.73. The molecule has 0 saturated carbocycles. The second-order valence-electron chi connectivity index (χ2n) is 6.49. The summed E-state index contributed by atoms with van der Waals surface area (Å²) in [6.07, 6.45) is 3.61. The van der Waals surface area contributed by atoms with Crippen molar-refractivity contribution >= 4 is 24.1 Å². The molecule has 0 aliphatic rings. The van der Waals surface area contributed by atoms with Crippen molar-refractivity contribution in [1.82, 2.24) is 0 Å². The maximum Gasteiger partial charge on any atom is 0.338 e. The topological polar surface area (TPSA) is 52.6 Å². The zero-order valence-electron chi connectivity index (χ0n) is 15.6. The molecular weight excluding hydrogens is 328 g/mol. The maximum absolute atomic E-state index is 11.8. The third kappa shape index (κ3) is 5.88. The second-order valence-corrected chi connectivity index (χ2v) is 6.49. The van der Waals surface area contributed by atoms with Crippen molar-refractivity contribution in [2.45, 2.75) is 39.9 Å². The highest BCUT2D eigenvalue weighted by atomic mass is 16.5. The van der Waals surface area contributed by atoms with E-state index in [-0.39, 0.29) is 24.1 Å². The van der Waals surface area contributed by atoms with Crippen molar-refractivity contribution < 1.29 is 19.1 Å². The Morgan fingerprint density at radius 3 is 1.23 bits per heavy atom. The highest BCUT2D eigenvalue weighted by molar-refractivity contribution is 5.90. The first-order chi connectivity index (χ1) is 12.3. The van der Waals surface area contributed by atoms with Gasteiger partial charge in [-0.2, -0.15) is 0 Å². The lowest BCUT2D eigenvalue weighted by Gasteiger charge is -2.08. The van der Waals surface area contributed by atoms with Gasteiger partial charge in [0.15, 0.2) is 0 Å². The van der Waals surface area contributed by atoms with E-state index in [4.69, 9.17) is 9.47 Å². The fourth-order valence-corrected chi connectivity index (χ4v) is 2.22. The third-order valence-electron chi connectivity index (χ3n) is 3.45. The van der Waals surface area contributed by atoms with Gasteiger partial charge in [0, 0.05) is 0 Å². The van der Waals surface area contributed by atoms with Crippen LogP contribution in [0.1, 0.15) is 59.5 Å². The molecule has 0 radical (unpaired) electrons. The summed E-state index contributed by atoms with van der Waals surface area (Å²) < 4.78 is 10.3. The van der Waals surface area contributed by atoms with Gasteiger partial charge in [0.2, 0.25) is 0 Å². The van der Waals surface area contributed by atoms with Crippen LogP contribution in [0.2, 0.25) is 0 Å². The second kappa shape index (κ2) is 8.99. The van der Waals surface area contributed by atoms with Gasteiger partial charge in [-0.1, -0.05) is 36.4 Å². The molecule has 0 aliphatic heterocycles. The number of ether oxygens (including phenoxy) is 2. The van der Waals surface area contributed by atoms with Crippen molar-refractivity contribution in [1.29, 1.82) is 0 Å². The number of carbonyl (C=O) groups is 2. The van der Waals surface area contributed by atoms with Gasteiger partial charge in [0.1, 0.15) is 0 Å². The molecule has 4 nitrogen and oxygen atoms in total. The van der Waals surface area contributed by atoms with Crippen LogP contribution in [0.25, 0.3) is 12.2 Å². The number of hydrogen-bond acceptors (Lipinski definition) is 4. The first-order valence-corrected chi connectivity index (χ1v) is 8.65. The molecule has 0 aromatic heterocycles. The Labute approximate surface area is 154 Å². The molecule has 0 aliphatic carbocycles. The van der Waals surface area contributed by atoms with Gasteiger partial charge in [-0.3, -0.25) is 0 Å². The van der Waals surface area contributed by atoms with Crippen LogP contribution in [0.4, 0.5) is 0 Å². The number of esters is 2. The summed E-state index contributed by atoms with van der Waals surface area (Å²) in [6.45, 7) is 7.29. The maximum atomic E-state index is 11.8. The Bertz CT molecular complexity index is 701. The smallest absolute Gasteiger partial charge is 0.338 e. The van der Waals surface area contributed by atoms with Crippen molar-refractivity contribution in [3.05, 3.63) is 70.8 Å². The average Bonchev–Trinajstić information content (AvgIpc) is 2.59. The summed E-state index contributed by atoms with van der Waals surface area (Å²) in [7, 11) is 0. The van der Waals surface area contributed by atoms with Crippen LogP contribution in [0.3, 0.4) is 0 Å². The summed E-state index contributed by atoms with van der Waals surface area (Å²) in [5.41, 5.74) is 3.00. The zero-order chi connectivity index (χ0) is 19.1. The molecule has 2 aromatic carbocycles. The average molecular weight is 352 g/mol. The number of carbonyl (C=O) groups excluding carboxylic acids is 2. The van der Waals surface area contributed by atoms with Gasteiger partial charge in [-0.15, -0.1) is 0 Å². The lowest BCUT2D eigenvalue weighted by molar-refractivity contribution is 0.0367. The van der Waals surface area contributed by atoms with Crippen LogP contribution in [0.15, 0.2) is 48.5 Å². The number of benzene rings is 2. The van der Waals surface area contributed by atoms with Crippen molar-refractivity contribution in [2.24, 2.45) is 0 Å². The first kappa shape index (κ1) is 19.4. The van der Waals surface area contributed by atoms with E-state index in [1.807, 2.05) is 64.1 Å². The summed E-state index contributed by atoms with van der Waals surface area (Å²) in [6, 6.07) is 14.4. The molecule has 0 heterocycles. The lowest BCUT2D eigenvalue weighted by atomic mass is 10.1. The van der Waals surface area contributed by atoms with Crippen LogP contribution in [0.5, 0.6) is 0 Å². The van der Waals surface area contributed by atoms with E-state index < -0.39 is 0 Å². The van der Waals surface area contributed by atoms with E-state index in [2.05, 4.69) is 0 Å². The molecular formula is C22H24O4. The fraction of sp³-hybridized carbons (Fsp3) is 0.273. The predicted octanol–water partition coefficient (Wildman–Crippen LogP) is 4.99. The third-order valence-corrected chi connectivity index (χ3v) is 3.45. The van der Waals surface area contributed by atoms with E-state index in [0.717, 1.165) is 11.1 Å². The van der Waals surface area contributed by atoms with Crippen molar-refractivity contribution in [3.8, 4) is 0 Å². The lowest BCUT2D eigenvalue weighted by Crippen LogP contribution is -2.11. The molecule has 0 atom stereocenters. The number of hydrogen-bond donors (Lipinski definition) is 0. The van der Waals surface area contributed by atoms with Crippen molar-refractivity contribution in [3.63, 3.8) is 0 Å². The standard InChI is InChI=1S/C22H24O4/c1-15(2)25-21(23)19-11-7-17(8-12-19)5-6-18-9-13-20(14-10-18)22(24)26-16(3)4/h5-16H,1-4H3/b6-5+. The molecule has 0 amide bonds. The molecule has 2 rings (SSSR count). The quantitative estimate of drug-likeness (QED) is 0.543. The van der Waals surface area contributed by atoms with Gasteiger partial charge in [-0.25, -0.2) is 9.59 Å². The molecule has 26 heavy (non-hydrogen) atoms. The normalized spacial score (nSPS) is 11.2. The highest BCUT2D eigenvalue weighted by Gasteiger charge is 2.09. The molecule has 0 N–H and O–H groups in total. The highest BCUT2D eigenvalue weighted by Crippen LogP contribution is 2.13. The largest absolute Gasteiger partial charge is 0.459 e. The molecule has 0 fully saturated rings. The summed E-state index contributed by atoms with van der Waals surface area (Å²) >= 11 is 0. The molecule has 0 bridgehead atoms. The van der Waals surface area contributed by atoms with Crippen LogP contribution in [-0.4, -0.2) is 24.1 Å². The van der Waals surface area contributed by atoms with E-state index in [1.165, 1.54) is 0 Å². The van der Waals surface area contributed by atoms with Crippen LogP contribution >= 0.6 is 0 Å². The van der Waals surface area contributed by atoms with E-state index in [0.29, 0.717) is 11.1 Å². The van der Waals surface area contributed by atoms with Crippen molar-refractivity contribution in [2.75, 3.05) is 0 Å². The molecule has 136 valence electrons. The number of rotatable bonds is 6. The van der Waals surface area contributed by atoms with Crippen LogP contribution < -0.4 is 0 Å². The Morgan fingerprint density at radius 1 is 0.654 bits per heavy atom. The fourth-order valence-electron chi connectivity index (χ4n) is 2.22. The van der Waals surface area contributed by atoms with Gasteiger partial charge >= 0.3 is 11.9 Å². The van der Waals surface area contributed by atoms with E-state index in [1.54, 1.807) is 24.3 Å². The zero-order valence-corrected chi connectivity index (χ0v) is 15.6. The Hall–Kier alpha value is -2.88. The summed E-state index contributed by atoms with van der Waals surface area (Å²) in [5, 5.41) is 0. The minimum atomic E-state index is -0.320. The molecule has 4 heteroatoms. The van der Waals surface area contributed by atoms with E-state index in [9.17, 15) is 9.59 Å².